The molecule has 0 saturated heterocycles. The minimum absolute atomic E-state index is 0.181. The molecular weight excluding hydrogens is 324 g/mol. The lowest BCUT2D eigenvalue weighted by molar-refractivity contribution is -0.148. The average molecular weight is 348 g/mol. The molecule has 0 aliphatic heterocycles. The van der Waals surface area contributed by atoms with E-state index in [-0.39, 0.29) is 5.92 Å². The zero-order chi connectivity index (χ0) is 18.2. The number of nitrogens with zero attached hydrogens (tertiary/aromatic N) is 3. The number of unbranched alkanes of at least 4 members (excludes halogenated alkanes) is 1. The van der Waals surface area contributed by atoms with Crippen molar-refractivity contribution in [3.63, 3.8) is 0 Å². The molecule has 0 fully saturated rings. The van der Waals surface area contributed by atoms with Crippen LogP contribution in [0.15, 0.2) is 24.3 Å². The number of para-hydroxylation sites is 1. The van der Waals surface area contributed by atoms with Crippen LogP contribution >= 0.6 is 0 Å². The van der Waals surface area contributed by atoms with Gasteiger partial charge >= 0.3 is 12.1 Å². The second-order valence-corrected chi connectivity index (χ2v) is 6.18. The second kappa shape index (κ2) is 9.00. The normalized spacial score (nSPS) is 12.2. The highest BCUT2D eigenvalue weighted by molar-refractivity contribution is 5.82. The van der Waals surface area contributed by atoms with Crippen molar-refractivity contribution in [3.05, 3.63) is 24.3 Å². The zero-order valence-corrected chi connectivity index (χ0v) is 14.8. The van der Waals surface area contributed by atoms with E-state index >= 15 is 0 Å². The number of carbonyl (C=O) groups excluding carboxylic acids is 2. The Hall–Kier alpha value is -2.64. The summed E-state index contributed by atoms with van der Waals surface area (Å²) in [5.74, 6) is -0.433. The fourth-order valence-electron chi connectivity index (χ4n) is 2.24. The SMILES string of the molecule is CCCCOC(=O)NC(CC(C)C)C(=O)On1nnc2ccccc21. The van der Waals surface area contributed by atoms with Gasteiger partial charge in [0.05, 0.1) is 6.61 Å². The number of nitrogens with one attached hydrogen (secondary N) is 1. The molecule has 2 rings (SSSR count). The number of fused-ring (bicyclic) bond motifs is 1. The summed E-state index contributed by atoms with van der Waals surface area (Å²) in [6.45, 7) is 6.23. The van der Waals surface area contributed by atoms with Crippen molar-refractivity contribution < 1.29 is 19.2 Å². The number of rotatable bonds is 8. The van der Waals surface area contributed by atoms with E-state index in [9.17, 15) is 9.59 Å². The van der Waals surface area contributed by atoms with Crippen LogP contribution in [0.4, 0.5) is 4.79 Å². The van der Waals surface area contributed by atoms with E-state index in [0.29, 0.717) is 24.1 Å². The van der Waals surface area contributed by atoms with Gasteiger partial charge in [0.1, 0.15) is 17.1 Å². The second-order valence-electron chi connectivity index (χ2n) is 6.18. The third kappa shape index (κ3) is 5.44. The average Bonchev–Trinajstić information content (AvgIpc) is 2.97. The first kappa shape index (κ1) is 18.7. The molecule has 0 radical (unpaired) electrons. The van der Waals surface area contributed by atoms with Crippen LogP contribution in [-0.2, 0) is 9.53 Å². The van der Waals surface area contributed by atoms with Gasteiger partial charge in [0.2, 0.25) is 0 Å². The van der Waals surface area contributed by atoms with Crippen LogP contribution in [0.1, 0.15) is 40.0 Å². The van der Waals surface area contributed by atoms with Gasteiger partial charge in [0.15, 0.2) is 0 Å². The van der Waals surface area contributed by atoms with E-state index in [1.54, 1.807) is 18.2 Å². The molecule has 8 nitrogen and oxygen atoms in total. The van der Waals surface area contributed by atoms with Gasteiger partial charge in [-0.1, -0.05) is 44.2 Å². The molecule has 25 heavy (non-hydrogen) atoms. The summed E-state index contributed by atoms with van der Waals surface area (Å²) in [7, 11) is 0. The molecule has 0 aliphatic rings. The molecule has 0 saturated carbocycles. The number of benzene rings is 1. The Morgan fingerprint density at radius 1 is 1.28 bits per heavy atom. The summed E-state index contributed by atoms with van der Waals surface area (Å²) in [5, 5.41) is 10.3. The lowest BCUT2D eigenvalue weighted by Crippen LogP contribution is -2.46. The van der Waals surface area contributed by atoms with Crippen molar-refractivity contribution in [2.45, 2.75) is 46.1 Å². The van der Waals surface area contributed by atoms with Crippen molar-refractivity contribution in [2.75, 3.05) is 6.61 Å². The maximum Gasteiger partial charge on any atom is 0.407 e. The maximum atomic E-state index is 12.5. The number of hydrogen-bond donors (Lipinski definition) is 1. The van der Waals surface area contributed by atoms with Crippen molar-refractivity contribution >= 4 is 23.1 Å². The predicted molar refractivity (Wildman–Crippen MR) is 91.7 cm³/mol. The minimum atomic E-state index is -0.822. The number of alkyl carbamates (subject to hydrolysis) is 1. The van der Waals surface area contributed by atoms with Crippen LogP contribution in [0.5, 0.6) is 0 Å². The third-order valence-electron chi connectivity index (χ3n) is 3.51. The van der Waals surface area contributed by atoms with Crippen molar-refractivity contribution in [1.82, 2.24) is 20.5 Å². The number of aromatic nitrogens is 3. The summed E-state index contributed by atoms with van der Waals surface area (Å²) >= 11 is 0. The molecule has 136 valence electrons. The molecule has 1 amide bonds. The van der Waals surface area contributed by atoms with Gasteiger partial charge in [-0.15, -0.1) is 5.10 Å². The topological polar surface area (TPSA) is 95.3 Å². The fraction of sp³-hybridized carbons (Fsp3) is 0.529. The van der Waals surface area contributed by atoms with Crippen LogP contribution in [0.25, 0.3) is 11.0 Å². The maximum absolute atomic E-state index is 12.5. The van der Waals surface area contributed by atoms with Crippen molar-refractivity contribution in [2.24, 2.45) is 5.92 Å². The smallest absolute Gasteiger partial charge is 0.407 e. The predicted octanol–water partition coefficient (Wildman–Crippen LogP) is 2.33. The van der Waals surface area contributed by atoms with Crippen LogP contribution in [0.2, 0.25) is 0 Å². The molecule has 0 aliphatic carbocycles. The Kier molecular flexibility index (Phi) is 6.73. The van der Waals surface area contributed by atoms with Gasteiger partial charge in [-0.25, -0.2) is 9.59 Å². The number of ether oxygens (including phenoxy) is 1. The largest absolute Gasteiger partial charge is 0.450 e. The van der Waals surface area contributed by atoms with Crippen molar-refractivity contribution in [3.8, 4) is 0 Å². The Morgan fingerprint density at radius 2 is 2.04 bits per heavy atom. The van der Waals surface area contributed by atoms with Gasteiger partial charge in [-0.3, -0.25) is 0 Å². The van der Waals surface area contributed by atoms with E-state index in [0.717, 1.165) is 17.7 Å². The van der Waals surface area contributed by atoms with Gasteiger partial charge in [0.25, 0.3) is 0 Å². The number of carbonyl (C=O) groups is 2. The Labute approximate surface area is 146 Å². The summed E-state index contributed by atoms with van der Waals surface area (Å²) in [5.41, 5.74) is 1.19. The molecule has 0 bridgehead atoms. The number of amides is 1. The summed E-state index contributed by atoms with van der Waals surface area (Å²) in [6.07, 6.45) is 1.50. The lowest BCUT2D eigenvalue weighted by Gasteiger charge is -2.18. The van der Waals surface area contributed by atoms with E-state index in [4.69, 9.17) is 9.57 Å². The third-order valence-corrected chi connectivity index (χ3v) is 3.51. The van der Waals surface area contributed by atoms with E-state index < -0.39 is 18.1 Å². The Bertz CT molecular complexity index is 713. The lowest BCUT2D eigenvalue weighted by atomic mass is 10.0. The van der Waals surface area contributed by atoms with Crippen LogP contribution in [0.3, 0.4) is 0 Å². The van der Waals surface area contributed by atoms with Gasteiger partial charge in [-0.05, 0) is 36.1 Å². The van der Waals surface area contributed by atoms with Crippen molar-refractivity contribution in [1.29, 1.82) is 0 Å². The van der Waals surface area contributed by atoms with E-state index in [2.05, 4.69) is 15.6 Å². The monoisotopic (exact) mass is 348 g/mol. The first-order chi connectivity index (χ1) is 12.0. The van der Waals surface area contributed by atoms with E-state index in [1.807, 2.05) is 26.8 Å². The summed E-state index contributed by atoms with van der Waals surface area (Å²) in [6, 6.07) is 6.30. The van der Waals surface area contributed by atoms with Gasteiger partial charge in [-0.2, -0.15) is 0 Å². The quantitative estimate of drug-likeness (QED) is 0.581. The fourth-order valence-corrected chi connectivity index (χ4v) is 2.24. The molecule has 0 spiro atoms. The number of hydrogen-bond acceptors (Lipinski definition) is 6. The Balaban J connectivity index is 2.03. The molecule has 2 aromatic rings. The summed E-state index contributed by atoms with van der Waals surface area (Å²) in [4.78, 5) is 30.7. The first-order valence-electron chi connectivity index (χ1n) is 8.47. The standard InChI is InChI=1S/C17H24N4O4/c1-4-5-10-24-17(23)18-14(11-12(2)3)16(22)25-21-15-9-7-6-8-13(15)19-20-21/h6-9,12,14H,4-5,10-11H2,1-3H3,(H,18,23). The molecule has 1 atom stereocenters. The molecule has 1 unspecified atom stereocenters. The minimum Gasteiger partial charge on any atom is -0.450 e. The molecule has 1 heterocycles. The molecule has 8 heteroatoms. The van der Waals surface area contributed by atoms with Crippen LogP contribution in [-0.4, -0.2) is 39.9 Å². The van der Waals surface area contributed by atoms with E-state index in [1.165, 1.54) is 0 Å². The Morgan fingerprint density at radius 3 is 2.76 bits per heavy atom. The molecule has 1 aromatic carbocycles. The molecular formula is C17H24N4O4. The van der Waals surface area contributed by atoms with Crippen LogP contribution < -0.4 is 10.2 Å². The highest BCUT2D eigenvalue weighted by Gasteiger charge is 2.26. The summed E-state index contributed by atoms with van der Waals surface area (Å²) < 4.78 is 5.06. The first-order valence-corrected chi connectivity index (χ1v) is 8.47. The van der Waals surface area contributed by atoms with Gasteiger partial charge in [0, 0.05) is 0 Å². The molecule has 1 N–H and O–H groups in total. The zero-order valence-electron chi connectivity index (χ0n) is 14.8. The highest BCUT2D eigenvalue weighted by atomic mass is 16.7. The molecule has 1 aromatic heterocycles. The highest BCUT2D eigenvalue weighted by Crippen LogP contribution is 2.10. The van der Waals surface area contributed by atoms with Crippen LogP contribution in [0, 0.1) is 5.92 Å². The van der Waals surface area contributed by atoms with Gasteiger partial charge < -0.3 is 14.9 Å².